The highest BCUT2D eigenvalue weighted by atomic mass is 32.2. The number of fused-ring (bicyclic) bond motifs is 5. The van der Waals surface area contributed by atoms with Crippen LogP contribution >= 0.6 is 0 Å². The van der Waals surface area contributed by atoms with Crippen molar-refractivity contribution in [2.24, 2.45) is 0 Å². The maximum atomic E-state index is 12.0. The minimum atomic E-state index is -2.60. The molecule has 2 bridgehead atoms. The zero-order valence-corrected chi connectivity index (χ0v) is 13.0. The molecule has 3 rings (SSSR count). The number of furan rings is 2. The van der Waals surface area contributed by atoms with Crippen LogP contribution in [0, 0.1) is 0 Å². The van der Waals surface area contributed by atoms with Crippen molar-refractivity contribution >= 4 is 34.5 Å². The van der Waals surface area contributed by atoms with Gasteiger partial charge in [-0.1, -0.05) is 6.58 Å². The first-order valence-electron chi connectivity index (χ1n) is 6.56. The largest absolute Gasteiger partial charge is 0.449 e. The normalized spacial score (nSPS) is 14.9. The first kappa shape index (κ1) is 15.5. The van der Waals surface area contributed by atoms with E-state index in [1.165, 1.54) is 13.8 Å². The summed E-state index contributed by atoms with van der Waals surface area (Å²) in [5.74, 6) is -1.79. The Bertz CT molecular complexity index is 848. The fourth-order valence-corrected chi connectivity index (χ4v) is 2.39. The van der Waals surface area contributed by atoms with Gasteiger partial charge in [0.05, 0.1) is 0 Å². The van der Waals surface area contributed by atoms with Crippen LogP contribution in [0.3, 0.4) is 0 Å². The fourth-order valence-electron chi connectivity index (χ4n) is 2.10. The Morgan fingerprint density at radius 3 is 2.48 bits per heavy atom. The van der Waals surface area contributed by atoms with Crippen molar-refractivity contribution in [3.63, 3.8) is 0 Å². The molecule has 122 valence electrons. The number of benzene rings is 1. The molecule has 0 saturated heterocycles. The minimum absolute atomic E-state index is 0.0816. The summed E-state index contributed by atoms with van der Waals surface area (Å²) in [7, 11) is 0. The molecule has 2 aromatic rings. The molecule has 0 spiro atoms. The van der Waals surface area contributed by atoms with Crippen molar-refractivity contribution in [2.45, 2.75) is 26.4 Å². The van der Waals surface area contributed by atoms with Crippen molar-refractivity contribution in [1.82, 2.24) is 0 Å². The van der Waals surface area contributed by atoms with E-state index in [0.29, 0.717) is 12.0 Å². The average Bonchev–Trinajstić information content (AvgIpc) is 3.09. The molecule has 2 heterocycles. The SMILES string of the molecule is C=C(C)C(=O)OC(C)C(=O)Oc1c(OS(=O)O)c2oc1c1c2C1. The van der Waals surface area contributed by atoms with Crippen molar-refractivity contribution in [1.29, 1.82) is 0 Å². The van der Waals surface area contributed by atoms with Crippen LogP contribution in [-0.4, -0.2) is 26.8 Å². The third-order valence-corrected chi connectivity index (χ3v) is 3.59. The second-order valence-corrected chi connectivity index (χ2v) is 5.70. The van der Waals surface area contributed by atoms with E-state index in [2.05, 4.69) is 6.58 Å². The monoisotopic (exact) mass is 340 g/mol. The predicted octanol–water partition coefficient (Wildman–Crippen LogP) is 1.70. The molecule has 1 N–H and O–H groups in total. The van der Waals surface area contributed by atoms with E-state index in [0.717, 1.165) is 11.1 Å². The summed E-state index contributed by atoms with van der Waals surface area (Å²) in [5.41, 5.74) is 2.45. The first-order valence-corrected chi connectivity index (χ1v) is 7.59. The van der Waals surface area contributed by atoms with Gasteiger partial charge < -0.3 is 18.1 Å². The number of rotatable bonds is 6. The Balaban J connectivity index is 1.80. The first-order chi connectivity index (χ1) is 10.8. The Morgan fingerprint density at radius 1 is 1.30 bits per heavy atom. The van der Waals surface area contributed by atoms with E-state index in [4.69, 9.17) is 22.6 Å². The van der Waals surface area contributed by atoms with Crippen LogP contribution in [0.5, 0.6) is 11.5 Å². The lowest BCUT2D eigenvalue weighted by atomic mass is 10.3. The van der Waals surface area contributed by atoms with Gasteiger partial charge in [0.15, 0.2) is 17.3 Å². The third kappa shape index (κ3) is 2.68. The topological polar surface area (TPSA) is 112 Å². The van der Waals surface area contributed by atoms with Crippen LogP contribution < -0.4 is 8.92 Å². The lowest BCUT2D eigenvalue weighted by Gasteiger charge is -2.12. The molecule has 0 aliphatic heterocycles. The molecule has 1 aliphatic rings. The summed E-state index contributed by atoms with van der Waals surface area (Å²) in [6, 6.07) is 0. The smallest absolute Gasteiger partial charge is 0.357 e. The van der Waals surface area contributed by atoms with Crippen LogP contribution in [0.1, 0.15) is 25.0 Å². The maximum absolute atomic E-state index is 12.0. The van der Waals surface area contributed by atoms with Gasteiger partial charge in [0, 0.05) is 23.1 Å². The molecule has 0 saturated carbocycles. The van der Waals surface area contributed by atoms with Gasteiger partial charge in [0.1, 0.15) is 0 Å². The van der Waals surface area contributed by atoms with Crippen LogP contribution in [0.15, 0.2) is 16.6 Å². The van der Waals surface area contributed by atoms with E-state index < -0.39 is 29.4 Å². The van der Waals surface area contributed by atoms with Gasteiger partial charge in [-0.3, -0.25) is 4.55 Å². The van der Waals surface area contributed by atoms with Crippen molar-refractivity contribution in [3.8, 4) is 11.5 Å². The molecule has 9 heteroatoms. The molecule has 23 heavy (non-hydrogen) atoms. The van der Waals surface area contributed by atoms with Crippen molar-refractivity contribution in [2.75, 3.05) is 0 Å². The van der Waals surface area contributed by atoms with Gasteiger partial charge in [-0.05, 0) is 13.8 Å². The Hall–Kier alpha value is -2.39. The molecule has 0 aromatic carbocycles. The Labute approximate surface area is 132 Å². The van der Waals surface area contributed by atoms with E-state index in [-0.39, 0.29) is 22.7 Å². The summed E-state index contributed by atoms with van der Waals surface area (Å²) in [6.45, 7) is 6.19. The van der Waals surface area contributed by atoms with E-state index in [1.807, 2.05) is 0 Å². The standard InChI is InChI=1S/C14H12O8S/c1-5(2)13(15)19-6(3)14(16)21-11-9-7-4-8(7)10(20-9)12(11)22-23(17)18/h6H,1,4H2,2-3H3,(H,17,18). The summed E-state index contributed by atoms with van der Waals surface area (Å²) in [5, 5.41) is 0. The van der Waals surface area contributed by atoms with Crippen LogP contribution in [0.25, 0.3) is 11.2 Å². The van der Waals surface area contributed by atoms with Gasteiger partial charge in [0.2, 0.25) is 11.5 Å². The summed E-state index contributed by atoms with van der Waals surface area (Å²) in [6.07, 6.45) is -0.540. The lowest BCUT2D eigenvalue weighted by Crippen LogP contribution is -2.28. The van der Waals surface area contributed by atoms with Crippen LogP contribution in [0.4, 0.5) is 0 Å². The quantitative estimate of drug-likeness (QED) is 0.312. The molecule has 2 unspecified atom stereocenters. The molecule has 8 nitrogen and oxygen atoms in total. The van der Waals surface area contributed by atoms with E-state index in [1.54, 1.807) is 0 Å². The lowest BCUT2D eigenvalue weighted by molar-refractivity contribution is -0.158. The van der Waals surface area contributed by atoms with Crippen LogP contribution in [0.2, 0.25) is 0 Å². The number of carbonyl (C=O) groups is 2. The molecule has 0 fully saturated rings. The number of carbonyl (C=O) groups excluding carboxylic acids is 2. The third-order valence-electron chi connectivity index (χ3n) is 3.29. The van der Waals surface area contributed by atoms with E-state index in [9.17, 15) is 13.8 Å². The Morgan fingerprint density at radius 2 is 1.91 bits per heavy atom. The second kappa shape index (κ2) is 5.36. The van der Waals surface area contributed by atoms with Gasteiger partial charge in [-0.2, -0.15) is 4.21 Å². The van der Waals surface area contributed by atoms with E-state index >= 15 is 0 Å². The second-order valence-electron chi connectivity index (χ2n) is 5.10. The highest BCUT2D eigenvalue weighted by Gasteiger charge is 2.39. The van der Waals surface area contributed by atoms with Gasteiger partial charge in [0.25, 0.3) is 0 Å². The highest BCUT2D eigenvalue weighted by Crippen LogP contribution is 2.55. The maximum Gasteiger partial charge on any atom is 0.357 e. The zero-order chi connectivity index (χ0) is 16.9. The minimum Gasteiger partial charge on any atom is -0.449 e. The molecular formula is C14H12O8S. The van der Waals surface area contributed by atoms with Crippen molar-refractivity contribution < 1.29 is 36.4 Å². The van der Waals surface area contributed by atoms with Gasteiger partial charge in [-0.25, -0.2) is 9.59 Å². The van der Waals surface area contributed by atoms with Gasteiger partial charge in [-0.15, -0.1) is 0 Å². The molecular weight excluding hydrogens is 328 g/mol. The number of esters is 2. The molecule has 0 amide bonds. The molecule has 2 aromatic heterocycles. The molecule has 2 atom stereocenters. The number of ether oxygens (including phenoxy) is 2. The predicted molar refractivity (Wildman–Crippen MR) is 77.6 cm³/mol. The average molecular weight is 340 g/mol. The number of hydrogen-bond acceptors (Lipinski definition) is 7. The fraction of sp³-hybridized carbons (Fsp3) is 0.286. The summed E-state index contributed by atoms with van der Waals surface area (Å²) in [4.78, 5) is 23.4. The van der Waals surface area contributed by atoms with Gasteiger partial charge >= 0.3 is 23.3 Å². The van der Waals surface area contributed by atoms with Crippen LogP contribution in [-0.2, 0) is 32.1 Å². The molecule has 1 aliphatic carbocycles. The Kier molecular flexibility index (Phi) is 3.61. The van der Waals surface area contributed by atoms with Crippen molar-refractivity contribution in [3.05, 3.63) is 23.3 Å². The summed E-state index contributed by atoms with van der Waals surface area (Å²) >= 11 is -2.60. The highest BCUT2D eigenvalue weighted by molar-refractivity contribution is 7.74. The molecule has 0 radical (unpaired) electrons. The number of hydrogen-bond donors (Lipinski definition) is 1. The summed E-state index contributed by atoms with van der Waals surface area (Å²) < 4.78 is 39.9. The zero-order valence-electron chi connectivity index (χ0n) is 12.2.